The molecule has 0 aliphatic rings. The summed E-state index contributed by atoms with van der Waals surface area (Å²) < 4.78 is 0. The molecule has 0 bridgehead atoms. The Kier molecular flexibility index (Phi) is 9.58. The number of pyridine rings is 1. The molecule has 0 atom stereocenters. The fraction of sp³-hybridized carbons (Fsp3) is 0.579. The molecule has 0 fully saturated rings. The van der Waals surface area contributed by atoms with Gasteiger partial charge in [0.1, 0.15) is 5.82 Å². The molecule has 0 aliphatic carbocycles. The summed E-state index contributed by atoms with van der Waals surface area (Å²) in [4.78, 5) is 13.6. The molecule has 1 heterocycles. The zero-order chi connectivity index (χ0) is 17.8. The van der Waals surface area contributed by atoms with Gasteiger partial charge in [0.15, 0.2) is 5.96 Å². The van der Waals surface area contributed by atoms with Crippen LogP contribution in [0.2, 0.25) is 0 Å². The number of anilines is 1. The lowest BCUT2D eigenvalue weighted by Crippen LogP contribution is -2.39. The third kappa shape index (κ3) is 7.49. The molecular weight excluding hydrogens is 298 g/mol. The predicted octanol–water partition coefficient (Wildman–Crippen LogP) is 3.29. The second-order valence-electron chi connectivity index (χ2n) is 6.11. The van der Waals surface area contributed by atoms with Crippen molar-refractivity contribution in [2.45, 2.75) is 39.2 Å². The predicted molar refractivity (Wildman–Crippen MR) is 105 cm³/mol. The van der Waals surface area contributed by atoms with Crippen molar-refractivity contribution in [3.8, 4) is 0 Å². The second-order valence-corrected chi connectivity index (χ2v) is 6.11. The molecule has 0 spiro atoms. The third-order valence-corrected chi connectivity index (χ3v) is 3.74. The SMILES string of the molecule is C=CCCCCCN(C)C(=NCc1cccc(N(C)C)n1)NCC. The number of unbranched alkanes of at least 4 members (excludes halogenated alkanes) is 3. The number of aliphatic imine (C=N–C) groups is 1. The maximum atomic E-state index is 4.73. The van der Waals surface area contributed by atoms with Gasteiger partial charge in [0.25, 0.3) is 0 Å². The van der Waals surface area contributed by atoms with Crippen LogP contribution in [0.4, 0.5) is 5.82 Å². The van der Waals surface area contributed by atoms with Crippen LogP contribution in [0, 0.1) is 0 Å². The van der Waals surface area contributed by atoms with Crippen LogP contribution in [0.1, 0.15) is 38.3 Å². The Morgan fingerprint density at radius 1 is 1.25 bits per heavy atom. The monoisotopic (exact) mass is 331 g/mol. The Balaban J connectivity index is 2.60. The molecule has 5 heteroatoms. The van der Waals surface area contributed by atoms with Crippen LogP contribution < -0.4 is 10.2 Å². The van der Waals surface area contributed by atoms with E-state index in [4.69, 9.17) is 4.99 Å². The summed E-state index contributed by atoms with van der Waals surface area (Å²) in [6, 6.07) is 6.06. The van der Waals surface area contributed by atoms with Crippen molar-refractivity contribution in [2.75, 3.05) is 39.1 Å². The topological polar surface area (TPSA) is 43.8 Å². The molecule has 0 saturated heterocycles. The first-order valence-corrected chi connectivity index (χ1v) is 8.82. The van der Waals surface area contributed by atoms with Crippen molar-refractivity contribution in [3.05, 3.63) is 36.5 Å². The second kappa shape index (κ2) is 11.5. The number of nitrogens with one attached hydrogen (secondary N) is 1. The van der Waals surface area contributed by atoms with Gasteiger partial charge in [-0.1, -0.05) is 18.6 Å². The molecule has 0 aliphatic heterocycles. The molecule has 1 rings (SSSR count). The summed E-state index contributed by atoms with van der Waals surface area (Å²) in [5.41, 5.74) is 0.982. The van der Waals surface area contributed by atoms with Crippen LogP contribution >= 0.6 is 0 Å². The summed E-state index contributed by atoms with van der Waals surface area (Å²) in [7, 11) is 6.10. The minimum absolute atomic E-state index is 0.588. The maximum absolute atomic E-state index is 4.73. The van der Waals surface area contributed by atoms with E-state index in [0.29, 0.717) is 6.54 Å². The fourth-order valence-corrected chi connectivity index (χ4v) is 2.35. The van der Waals surface area contributed by atoms with E-state index in [2.05, 4.69) is 35.8 Å². The zero-order valence-electron chi connectivity index (χ0n) is 15.8. The minimum Gasteiger partial charge on any atom is -0.363 e. The first-order valence-electron chi connectivity index (χ1n) is 8.82. The number of allylic oxidation sites excluding steroid dienone is 1. The molecule has 0 radical (unpaired) electrons. The summed E-state index contributed by atoms with van der Waals surface area (Å²) >= 11 is 0. The molecule has 0 unspecified atom stereocenters. The van der Waals surface area contributed by atoms with Gasteiger partial charge in [0.05, 0.1) is 12.2 Å². The van der Waals surface area contributed by atoms with Crippen LogP contribution in [-0.4, -0.2) is 50.1 Å². The maximum Gasteiger partial charge on any atom is 0.194 e. The average Bonchev–Trinajstić information content (AvgIpc) is 2.58. The van der Waals surface area contributed by atoms with Crippen molar-refractivity contribution in [1.29, 1.82) is 0 Å². The highest BCUT2D eigenvalue weighted by atomic mass is 15.3. The molecular formula is C19H33N5. The van der Waals surface area contributed by atoms with E-state index in [1.165, 1.54) is 19.3 Å². The molecule has 0 saturated carbocycles. The smallest absolute Gasteiger partial charge is 0.194 e. The van der Waals surface area contributed by atoms with E-state index >= 15 is 0 Å². The zero-order valence-corrected chi connectivity index (χ0v) is 15.8. The number of nitrogens with zero attached hydrogens (tertiary/aromatic N) is 4. The van der Waals surface area contributed by atoms with Crippen molar-refractivity contribution < 1.29 is 0 Å². The van der Waals surface area contributed by atoms with E-state index < -0.39 is 0 Å². The van der Waals surface area contributed by atoms with E-state index in [1.54, 1.807) is 0 Å². The molecule has 1 aromatic rings. The quantitative estimate of drug-likeness (QED) is 0.309. The van der Waals surface area contributed by atoms with Gasteiger partial charge in [-0.3, -0.25) is 0 Å². The van der Waals surface area contributed by atoms with Gasteiger partial charge in [0, 0.05) is 34.2 Å². The van der Waals surface area contributed by atoms with Crippen LogP contribution in [0.25, 0.3) is 0 Å². The van der Waals surface area contributed by atoms with Gasteiger partial charge < -0.3 is 15.1 Å². The van der Waals surface area contributed by atoms with Crippen molar-refractivity contribution >= 4 is 11.8 Å². The highest BCUT2D eigenvalue weighted by molar-refractivity contribution is 5.79. The molecule has 0 aromatic carbocycles. The first-order chi connectivity index (χ1) is 11.6. The standard InChI is InChI=1S/C19H33N5/c1-6-8-9-10-11-15-24(5)19(20-7-2)21-16-17-13-12-14-18(22-17)23(3)4/h6,12-14H,1,7-11,15-16H2,2-5H3,(H,20,21). The summed E-state index contributed by atoms with van der Waals surface area (Å²) in [6.45, 7) is 8.33. The molecule has 134 valence electrons. The Bertz CT molecular complexity index is 510. The van der Waals surface area contributed by atoms with Gasteiger partial charge in [-0.25, -0.2) is 9.98 Å². The largest absolute Gasteiger partial charge is 0.363 e. The molecule has 0 amide bonds. The molecule has 24 heavy (non-hydrogen) atoms. The molecule has 1 N–H and O–H groups in total. The first kappa shape index (κ1) is 20.0. The van der Waals surface area contributed by atoms with Crippen molar-refractivity contribution in [3.63, 3.8) is 0 Å². The van der Waals surface area contributed by atoms with E-state index in [0.717, 1.165) is 37.0 Å². The number of guanidine groups is 1. The fourth-order valence-electron chi connectivity index (χ4n) is 2.35. The van der Waals surface area contributed by atoms with E-state index in [1.807, 2.05) is 43.3 Å². The van der Waals surface area contributed by atoms with Crippen molar-refractivity contribution in [1.82, 2.24) is 15.2 Å². The number of hydrogen-bond acceptors (Lipinski definition) is 3. The Morgan fingerprint density at radius 3 is 2.71 bits per heavy atom. The number of aromatic nitrogens is 1. The van der Waals surface area contributed by atoms with Crippen LogP contribution in [0.3, 0.4) is 0 Å². The lowest BCUT2D eigenvalue weighted by molar-refractivity contribution is 0.455. The summed E-state index contributed by atoms with van der Waals surface area (Å²) in [5.74, 6) is 1.90. The van der Waals surface area contributed by atoms with Crippen LogP contribution in [-0.2, 0) is 6.54 Å². The van der Waals surface area contributed by atoms with Gasteiger partial charge in [-0.2, -0.15) is 0 Å². The van der Waals surface area contributed by atoms with E-state index in [-0.39, 0.29) is 0 Å². The van der Waals surface area contributed by atoms with E-state index in [9.17, 15) is 0 Å². The van der Waals surface area contributed by atoms with Crippen LogP contribution in [0.15, 0.2) is 35.8 Å². The molecule has 5 nitrogen and oxygen atoms in total. The van der Waals surface area contributed by atoms with Gasteiger partial charge in [-0.05, 0) is 38.3 Å². The Hall–Kier alpha value is -2.04. The summed E-state index contributed by atoms with van der Waals surface area (Å²) in [5, 5.41) is 3.36. The molecule has 1 aromatic heterocycles. The van der Waals surface area contributed by atoms with Crippen LogP contribution in [0.5, 0.6) is 0 Å². The Morgan fingerprint density at radius 2 is 2.04 bits per heavy atom. The highest BCUT2D eigenvalue weighted by Crippen LogP contribution is 2.09. The number of rotatable bonds is 10. The normalized spacial score (nSPS) is 11.2. The lowest BCUT2D eigenvalue weighted by atomic mass is 10.2. The minimum atomic E-state index is 0.588. The Labute approximate surface area is 147 Å². The van der Waals surface area contributed by atoms with Crippen molar-refractivity contribution in [2.24, 2.45) is 4.99 Å². The van der Waals surface area contributed by atoms with Gasteiger partial charge in [-0.15, -0.1) is 6.58 Å². The van der Waals surface area contributed by atoms with Gasteiger partial charge >= 0.3 is 0 Å². The van der Waals surface area contributed by atoms with Gasteiger partial charge in [0.2, 0.25) is 0 Å². The third-order valence-electron chi connectivity index (χ3n) is 3.74. The summed E-state index contributed by atoms with van der Waals surface area (Å²) in [6.07, 6.45) is 6.70. The average molecular weight is 332 g/mol. The lowest BCUT2D eigenvalue weighted by Gasteiger charge is -2.22. The highest BCUT2D eigenvalue weighted by Gasteiger charge is 2.06. The number of hydrogen-bond donors (Lipinski definition) is 1.